The number of anilines is 1. The number of aromatic nitrogens is 3. The number of aldehydes is 1. The maximum absolute atomic E-state index is 11.4. The van der Waals surface area contributed by atoms with E-state index in [4.69, 9.17) is 0 Å². The molecule has 5 heteroatoms. The molecule has 0 amide bonds. The van der Waals surface area contributed by atoms with Gasteiger partial charge in [0.25, 0.3) is 0 Å². The molecule has 0 saturated carbocycles. The van der Waals surface area contributed by atoms with Crippen molar-refractivity contribution in [1.29, 1.82) is 0 Å². The van der Waals surface area contributed by atoms with Gasteiger partial charge in [0.05, 0.1) is 11.3 Å². The minimum Gasteiger partial charge on any atom is -0.356 e. The van der Waals surface area contributed by atoms with Gasteiger partial charge in [-0.05, 0) is 38.3 Å². The molecule has 20 heavy (non-hydrogen) atoms. The van der Waals surface area contributed by atoms with Crippen LogP contribution in [0.5, 0.6) is 0 Å². The first-order valence-electron chi connectivity index (χ1n) is 7.02. The third-order valence-electron chi connectivity index (χ3n) is 3.72. The number of aryl methyl sites for hydroxylation is 1. The molecule has 104 valence electrons. The van der Waals surface area contributed by atoms with Crippen LogP contribution in [0.1, 0.15) is 35.3 Å². The normalized spacial score (nSPS) is 15.3. The molecule has 0 spiro atoms. The molecule has 1 aliphatic heterocycles. The number of piperidine rings is 1. The van der Waals surface area contributed by atoms with Crippen molar-refractivity contribution >= 4 is 12.1 Å². The van der Waals surface area contributed by atoms with Gasteiger partial charge in [-0.25, -0.2) is 4.98 Å². The summed E-state index contributed by atoms with van der Waals surface area (Å²) in [5.74, 6) is 1.64. The monoisotopic (exact) mass is 270 g/mol. The van der Waals surface area contributed by atoms with E-state index in [2.05, 4.69) is 15.0 Å². The van der Waals surface area contributed by atoms with E-state index in [1.165, 1.54) is 6.42 Å². The van der Waals surface area contributed by atoms with Crippen molar-refractivity contribution in [2.45, 2.75) is 26.2 Å². The number of carbonyl (C=O) groups is 1. The third-order valence-corrected chi connectivity index (χ3v) is 3.72. The van der Waals surface area contributed by atoms with E-state index in [-0.39, 0.29) is 0 Å². The smallest absolute Gasteiger partial charge is 0.155 e. The highest BCUT2D eigenvalue weighted by molar-refractivity contribution is 5.85. The van der Waals surface area contributed by atoms with Crippen LogP contribution in [0.15, 0.2) is 24.4 Å². The first kappa shape index (κ1) is 12.8. The Morgan fingerprint density at radius 3 is 2.65 bits per heavy atom. The van der Waals surface area contributed by atoms with Crippen LogP contribution < -0.4 is 4.90 Å². The summed E-state index contributed by atoms with van der Waals surface area (Å²) in [6.07, 6.45) is 6.22. The highest BCUT2D eigenvalue weighted by Gasteiger charge is 2.23. The van der Waals surface area contributed by atoms with Crippen molar-refractivity contribution in [1.82, 2.24) is 14.8 Å². The second kappa shape index (κ2) is 5.45. The number of pyridine rings is 1. The summed E-state index contributed by atoms with van der Waals surface area (Å²) < 4.78 is 1.80. The second-order valence-corrected chi connectivity index (χ2v) is 5.09. The molecule has 0 aliphatic carbocycles. The summed E-state index contributed by atoms with van der Waals surface area (Å²) in [6, 6.07) is 5.72. The molecule has 0 N–H and O–H groups in total. The molecule has 0 unspecified atom stereocenters. The lowest BCUT2D eigenvalue weighted by Crippen LogP contribution is -2.32. The molecule has 3 rings (SSSR count). The van der Waals surface area contributed by atoms with Gasteiger partial charge in [-0.2, -0.15) is 9.78 Å². The minimum absolute atomic E-state index is 0.678. The predicted molar refractivity (Wildman–Crippen MR) is 77.5 cm³/mol. The maximum Gasteiger partial charge on any atom is 0.155 e. The molecule has 0 bridgehead atoms. The van der Waals surface area contributed by atoms with Gasteiger partial charge < -0.3 is 4.90 Å². The van der Waals surface area contributed by atoms with Crippen molar-refractivity contribution in [2.24, 2.45) is 0 Å². The van der Waals surface area contributed by atoms with E-state index in [1.807, 2.05) is 25.1 Å². The molecule has 2 aromatic heterocycles. The zero-order valence-corrected chi connectivity index (χ0v) is 11.6. The Labute approximate surface area is 118 Å². The lowest BCUT2D eigenvalue weighted by Gasteiger charge is -2.29. The van der Waals surface area contributed by atoms with Crippen LogP contribution in [-0.2, 0) is 0 Å². The number of hydrogen-bond acceptors (Lipinski definition) is 4. The fourth-order valence-electron chi connectivity index (χ4n) is 2.71. The van der Waals surface area contributed by atoms with Gasteiger partial charge in [0, 0.05) is 19.3 Å². The van der Waals surface area contributed by atoms with Crippen LogP contribution in [0.2, 0.25) is 0 Å². The maximum atomic E-state index is 11.4. The van der Waals surface area contributed by atoms with Gasteiger partial charge in [0.1, 0.15) is 5.82 Å². The molecule has 1 saturated heterocycles. The molecule has 2 aromatic rings. The Kier molecular flexibility index (Phi) is 3.50. The van der Waals surface area contributed by atoms with E-state index in [9.17, 15) is 4.79 Å². The Bertz CT molecular complexity index is 600. The molecule has 0 radical (unpaired) electrons. The Morgan fingerprint density at radius 2 is 2.00 bits per heavy atom. The summed E-state index contributed by atoms with van der Waals surface area (Å²) in [5, 5.41) is 4.51. The summed E-state index contributed by atoms with van der Waals surface area (Å²) in [7, 11) is 0. The van der Waals surface area contributed by atoms with E-state index in [1.54, 1.807) is 10.9 Å². The SMILES string of the molecule is Cc1nn(-c2ccccn2)c(N2CCCCC2)c1C=O. The van der Waals surface area contributed by atoms with Crippen molar-refractivity contribution in [2.75, 3.05) is 18.0 Å². The topological polar surface area (TPSA) is 51.0 Å². The zero-order valence-electron chi connectivity index (χ0n) is 11.6. The quantitative estimate of drug-likeness (QED) is 0.803. The molecule has 0 aromatic carbocycles. The summed E-state index contributed by atoms with van der Waals surface area (Å²) >= 11 is 0. The zero-order chi connectivity index (χ0) is 13.9. The number of carbonyl (C=O) groups excluding carboxylic acids is 1. The lowest BCUT2D eigenvalue weighted by atomic mass is 10.1. The van der Waals surface area contributed by atoms with E-state index in [0.717, 1.165) is 49.5 Å². The van der Waals surface area contributed by atoms with Crippen LogP contribution in [0.25, 0.3) is 5.82 Å². The van der Waals surface area contributed by atoms with Gasteiger partial charge in [-0.1, -0.05) is 6.07 Å². The average Bonchev–Trinajstić information content (AvgIpc) is 2.85. The van der Waals surface area contributed by atoms with Gasteiger partial charge in [0.2, 0.25) is 0 Å². The van der Waals surface area contributed by atoms with Crippen molar-refractivity contribution in [3.8, 4) is 5.82 Å². The first-order chi connectivity index (χ1) is 9.81. The molecule has 5 nitrogen and oxygen atoms in total. The molecular weight excluding hydrogens is 252 g/mol. The fourth-order valence-corrected chi connectivity index (χ4v) is 2.71. The highest BCUT2D eigenvalue weighted by atomic mass is 16.1. The van der Waals surface area contributed by atoms with Gasteiger partial charge in [-0.3, -0.25) is 4.79 Å². The fraction of sp³-hybridized carbons (Fsp3) is 0.400. The predicted octanol–water partition coefficient (Wildman–Crippen LogP) is 2.38. The van der Waals surface area contributed by atoms with Crippen molar-refractivity contribution in [3.05, 3.63) is 35.7 Å². The van der Waals surface area contributed by atoms with E-state index >= 15 is 0 Å². The largest absolute Gasteiger partial charge is 0.356 e. The average molecular weight is 270 g/mol. The molecule has 1 aliphatic rings. The third kappa shape index (κ3) is 2.19. The molecule has 0 atom stereocenters. The van der Waals surface area contributed by atoms with E-state index in [0.29, 0.717) is 5.56 Å². The highest BCUT2D eigenvalue weighted by Crippen LogP contribution is 2.27. The van der Waals surface area contributed by atoms with Gasteiger partial charge in [0.15, 0.2) is 12.1 Å². The van der Waals surface area contributed by atoms with Crippen LogP contribution in [0.4, 0.5) is 5.82 Å². The number of nitrogens with zero attached hydrogens (tertiary/aromatic N) is 4. The standard InChI is InChI=1S/C15H18N4O/c1-12-13(11-20)15(18-9-5-2-6-10-18)19(17-12)14-7-3-4-8-16-14/h3-4,7-8,11H,2,5-6,9-10H2,1H3. The van der Waals surface area contributed by atoms with Crippen LogP contribution >= 0.6 is 0 Å². The van der Waals surface area contributed by atoms with Gasteiger partial charge >= 0.3 is 0 Å². The van der Waals surface area contributed by atoms with Crippen LogP contribution in [-0.4, -0.2) is 34.1 Å². The Morgan fingerprint density at radius 1 is 1.20 bits per heavy atom. The molecular formula is C15H18N4O. The lowest BCUT2D eigenvalue weighted by molar-refractivity contribution is 0.112. The number of rotatable bonds is 3. The van der Waals surface area contributed by atoms with Crippen LogP contribution in [0, 0.1) is 6.92 Å². The molecule has 1 fully saturated rings. The summed E-state index contributed by atoms with van der Waals surface area (Å²) in [5.41, 5.74) is 1.43. The second-order valence-electron chi connectivity index (χ2n) is 5.09. The van der Waals surface area contributed by atoms with Crippen molar-refractivity contribution < 1.29 is 4.79 Å². The summed E-state index contributed by atoms with van der Waals surface area (Å²) in [4.78, 5) is 18.0. The van der Waals surface area contributed by atoms with E-state index < -0.39 is 0 Å². The Hall–Kier alpha value is -2.17. The Balaban J connectivity index is 2.12. The molecule has 3 heterocycles. The van der Waals surface area contributed by atoms with Crippen molar-refractivity contribution in [3.63, 3.8) is 0 Å². The minimum atomic E-state index is 0.678. The summed E-state index contributed by atoms with van der Waals surface area (Å²) in [6.45, 7) is 3.81. The number of hydrogen-bond donors (Lipinski definition) is 0. The first-order valence-corrected chi connectivity index (χ1v) is 7.02. The van der Waals surface area contributed by atoms with Gasteiger partial charge in [-0.15, -0.1) is 0 Å². The van der Waals surface area contributed by atoms with Crippen LogP contribution in [0.3, 0.4) is 0 Å².